The second-order valence-electron chi connectivity index (χ2n) is 7.34. The number of halogens is 1. The molecule has 26 heavy (non-hydrogen) atoms. The molecule has 3 aliphatic rings. The van der Waals surface area contributed by atoms with Crippen molar-refractivity contribution in [3.05, 3.63) is 71.9 Å². The minimum Gasteiger partial charge on any atom is -0.361 e. The lowest BCUT2D eigenvalue weighted by atomic mass is 9.73. The SMILES string of the molecule is Cl.O=C1C2CCN(CC2)C1C(c1ccccc1)c1c[nH]c2ccccc12. The number of Topliss-reactive ketones (excluding diaryl/α,β-unsaturated/α-hetero) is 1. The second-order valence-corrected chi connectivity index (χ2v) is 7.34. The van der Waals surface area contributed by atoms with Crippen LogP contribution in [-0.4, -0.2) is 34.8 Å². The number of nitrogens with one attached hydrogen (secondary N) is 1. The number of piperidine rings is 3. The number of carbonyl (C=O) groups is 1. The molecule has 3 saturated heterocycles. The molecular formula is C22H23ClN2O. The van der Waals surface area contributed by atoms with Gasteiger partial charge in [0.05, 0.1) is 6.04 Å². The maximum Gasteiger partial charge on any atom is 0.154 e. The molecule has 0 aliphatic carbocycles. The number of benzene rings is 2. The normalized spacial score (nSPS) is 25.8. The molecule has 1 N–H and O–H groups in total. The van der Waals surface area contributed by atoms with Crippen LogP contribution in [0.2, 0.25) is 0 Å². The van der Waals surface area contributed by atoms with Gasteiger partial charge < -0.3 is 4.98 Å². The Morgan fingerprint density at radius 3 is 2.38 bits per heavy atom. The van der Waals surface area contributed by atoms with E-state index >= 15 is 0 Å². The van der Waals surface area contributed by atoms with Crippen molar-refractivity contribution in [2.45, 2.75) is 24.8 Å². The molecule has 4 heteroatoms. The number of ketones is 1. The first-order valence-electron chi connectivity index (χ1n) is 9.21. The van der Waals surface area contributed by atoms with Crippen LogP contribution in [0.5, 0.6) is 0 Å². The third-order valence-electron chi connectivity index (χ3n) is 6.05. The summed E-state index contributed by atoms with van der Waals surface area (Å²) in [5.41, 5.74) is 3.62. The smallest absolute Gasteiger partial charge is 0.154 e. The summed E-state index contributed by atoms with van der Waals surface area (Å²) in [7, 11) is 0. The summed E-state index contributed by atoms with van der Waals surface area (Å²) in [6, 6.07) is 18.9. The fourth-order valence-electron chi connectivity index (χ4n) is 4.80. The van der Waals surface area contributed by atoms with E-state index in [-0.39, 0.29) is 30.3 Å². The Morgan fingerprint density at radius 1 is 0.962 bits per heavy atom. The first-order valence-corrected chi connectivity index (χ1v) is 9.21. The molecule has 3 fully saturated rings. The fraction of sp³-hybridized carbons (Fsp3) is 0.318. The number of carbonyl (C=O) groups excluding carboxylic acids is 1. The number of nitrogens with zero attached hydrogens (tertiary/aromatic N) is 1. The molecule has 2 atom stereocenters. The van der Waals surface area contributed by atoms with Crippen molar-refractivity contribution in [2.75, 3.05) is 13.1 Å². The molecule has 3 aromatic rings. The molecule has 0 radical (unpaired) electrons. The van der Waals surface area contributed by atoms with Crippen molar-refractivity contribution >= 4 is 29.1 Å². The second kappa shape index (κ2) is 6.90. The zero-order chi connectivity index (χ0) is 16.8. The minimum atomic E-state index is -0.0332. The van der Waals surface area contributed by atoms with E-state index in [1.165, 1.54) is 16.5 Å². The molecule has 4 heterocycles. The van der Waals surface area contributed by atoms with Gasteiger partial charge in [-0.05, 0) is 43.1 Å². The Hall–Kier alpha value is -2.10. The van der Waals surface area contributed by atoms with Crippen LogP contribution in [0.15, 0.2) is 60.8 Å². The van der Waals surface area contributed by atoms with Gasteiger partial charge in [0.15, 0.2) is 5.78 Å². The van der Waals surface area contributed by atoms with Crippen molar-refractivity contribution in [2.24, 2.45) is 5.92 Å². The molecule has 3 aliphatic heterocycles. The van der Waals surface area contributed by atoms with Gasteiger partial charge in [-0.2, -0.15) is 0 Å². The third kappa shape index (κ3) is 2.67. The fourth-order valence-corrected chi connectivity index (χ4v) is 4.80. The van der Waals surface area contributed by atoms with Gasteiger partial charge in [0.1, 0.15) is 0 Å². The van der Waals surface area contributed by atoms with Crippen LogP contribution in [0.1, 0.15) is 29.9 Å². The topological polar surface area (TPSA) is 36.1 Å². The van der Waals surface area contributed by atoms with Gasteiger partial charge >= 0.3 is 0 Å². The summed E-state index contributed by atoms with van der Waals surface area (Å²) in [5.74, 6) is 0.788. The van der Waals surface area contributed by atoms with E-state index in [1.807, 2.05) is 6.07 Å². The number of para-hydroxylation sites is 1. The minimum absolute atomic E-state index is 0. The van der Waals surface area contributed by atoms with Crippen LogP contribution in [0, 0.1) is 5.92 Å². The van der Waals surface area contributed by atoms with Crippen LogP contribution < -0.4 is 0 Å². The number of aromatic nitrogens is 1. The Balaban J connectivity index is 0.00000168. The number of hydrogen-bond donors (Lipinski definition) is 1. The van der Waals surface area contributed by atoms with Crippen molar-refractivity contribution in [1.29, 1.82) is 0 Å². The summed E-state index contributed by atoms with van der Waals surface area (Å²) in [6.45, 7) is 2.10. The predicted octanol–water partition coefficient (Wildman–Crippen LogP) is 4.38. The molecule has 3 nitrogen and oxygen atoms in total. The highest BCUT2D eigenvalue weighted by atomic mass is 35.5. The number of fused-ring (bicyclic) bond motifs is 4. The van der Waals surface area contributed by atoms with E-state index in [1.54, 1.807) is 0 Å². The van der Waals surface area contributed by atoms with E-state index in [0.717, 1.165) is 31.4 Å². The standard InChI is InChI=1S/C22H22N2O.ClH/c25-22-16-10-12-24(13-11-16)21(22)20(15-6-2-1-3-7-15)18-14-23-19-9-5-4-8-17(18)19;/h1-9,14,16,20-21,23H,10-13H2;1H. The van der Waals surface area contributed by atoms with Gasteiger partial charge in [-0.15, -0.1) is 12.4 Å². The maximum atomic E-state index is 13.2. The van der Waals surface area contributed by atoms with Gasteiger partial charge in [0.2, 0.25) is 0 Å². The summed E-state index contributed by atoms with van der Waals surface area (Å²) in [4.78, 5) is 19.0. The van der Waals surface area contributed by atoms with Crippen LogP contribution in [0.4, 0.5) is 0 Å². The number of hydrogen-bond acceptors (Lipinski definition) is 2. The highest BCUT2D eigenvalue weighted by Crippen LogP contribution is 2.41. The van der Waals surface area contributed by atoms with Gasteiger partial charge in [-0.3, -0.25) is 9.69 Å². The van der Waals surface area contributed by atoms with Crippen LogP contribution in [0.3, 0.4) is 0 Å². The third-order valence-corrected chi connectivity index (χ3v) is 6.05. The number of rotatable bonds is 3. The quantitative estimate of drug-likeness (QED) is 0.746. The first kappa shape index (κ1) is 17.3. The molecule has 0 saturated carbocycles. The van der Waals surface area contributed by atoms with E-state index in [4.69, 9.17) is 0 Å². The first-order chi connectivity index (χ1) is 12.3. The van der Waals surface area contributed by atoms with Crippen LogP contribution >= 0.6 is 12.4 Å². The number of H-pyrrole nitrogens is 1. The van der Waals surface area contributed by atoms with Crippen molar-refractivity contribution in [3.8, 4) is 0 Å². The van der Waals surface area contributed by atoms with Crippen molar-refractivity contribution < 1.29 is 4.79 Å². The molecule has 134 valence electrons. The Kier molecular flexibility index (Phi) is 4.60. The van der Waals surface area contributed by atoms with Gasteiger partial charge in [0.25, 0.3) is 0 Å². The molecule has 2 aromatic carbocycles. The molecule has 6 rings (SSSR count). The summed E-state index contributed by atoms with van der Waals surface area (Å²) < 4.78 is 0. The Morgan fingerprint density at radius 2 is 1.65 bits per heavy atom. The lowest BCUT2D eigenvalue weighted by molar-refractivity contribution is -0.137. The monoisotopic (exact) mass is 366 g/mol. The number of aromatic amines is 1. The predicted molar refractivity (Wildman–Crippen MR) is 107 cm³/mol. The lowest BCUT2D eigenvalue weighted by Crippen LogP contribution is -2.57. The molecule has 2 bridgehead atoms. The van der Waals surface area contributed by atoms with Gasteiger partial charge in [0, 0.05) is 28.9 Å². The van der Waals surface area contributed by atoms with E-state index < -0.39 is 0 Å². The van der Waals surface area contributed by atoms with Crippen LogP contribution in [0.25, 0.3) is 10.9 Å². The summed E-state index contributed by atoms with van der Waals surface area (Å²) >= 11 is 0. The average molecular weight is 367 g/mol. The highest BCUT2D eigenvalue weighted by molar-refractivity contribution is 5.91. The molecule has 0 amide bonds. The molecular weight excluding hydrogens is 344 g/mol. The van der Waals surface area contributed by atoms with E-state index in [2.05, 4.69) is 64.6 Å². The molecule has 0 spiro atoms. The van der Waals surface area contributed by atoms with Crippen LogP contribution in [-0.2, 0) is 4.79 Å². The highest BCUT2D eigenvalue weighted by Gasteiger charge is 2.46. The zero-order valence-corrected chi connectivity index (χ0v) is 15.4. The van der Waals surface area contributed by atoms with Crippen molar-refractivity contribution in [3.63, 3.8) is 0 Å². The lowest BCUT2D eigenvalue weighted by Gasteiger charge is -2.47. The molecule has 1 aromatic heterocycles. The van der Waals surface area contributed by atoms with E-state index in [9.17, 15) is 4.79 Å². The van der Waals surface area contributed by atoms with Crippen molar-refractivity contribution in [1.82, 2.24) is 9.88 Å². The molecule has 2 unspecified atom stereocenters. The Labute approximate surface area is 159 Å². The van der Waals surface area contributed by atoms with E-state index in [0.29, 0.717) is 5.78 Å². The largest absolute Gasteiger partial charge is 0.361 e. The van der Waals surface area contributed by atoms with Gasteiger partial charge in [-0.25, -0.2) is 0 Å². The average Bonchev–Trinajstić information content (AvgIpc) is 3.10. The zero-order valence-electron chi connectivity index (χ0n) is 14.6. The maximum absolute atomic E-state index is 13.2. The summed E-state index contributed by atoms with van der Waals surface area (Å²) in [6.07, 6.45) is 4.18. The summed E-state index contributed by atoms with van der Waals surface area (Å²) in [5, 5.41) is 1.23. The van der Waals surface area contributed by atoms with Gasteiger partial charge in [-0.1, -0.05) is 48.5 Å². The Bertz CT molecular complexity index is 912.